The maximum absolute atomic E-state index is 12.5. The van der Waals surface area contributed by atoms with Gasteiger partial charge in [-0.3, -0.25) is 4.79 Å². The van der Waals surface area contributed by atoms with Crippen LogP contribution in [-0.2, 0) is 17.8 Å². The molecular formula is C22H25N5O3. The van der Waals surface area contributed by atoms with Crippen LogP contribution in [0.4, 0.5) is 5.69 Å². The van der Waals surface area contributed by atoms with Crippen molar-refractivity contribution in [2.24, 2.45) is 0 Å². The van der Waals surface area contributed by atoms with Crippen LogP contribution in [-0.4, -0.2) is 38.8 Å². The van der Waals surface area contributed by atoms with Gasteiger partial charge in [0.25, 0.3) is 0 Å². The van der Waals surface area contributed by atoms with E-state index in [1.54, 1.807) is 0 Å². The maximum Gasteiger partial charge on any atom is 0.224 e. The molecule has 2 aromatic carbocycles. The molecule has 0 saturated carbocycles. The number of rotatable bonds is 8. The van der Waals surface area contributed by atoms with Crippen molar-refractivity contribution in [2.45, 2.75) is 45.8 Å². The zero-order valence-corrected chi connectivity index (χ0v) is 17.2. The van der Waals surface area contributed by atoms with Gasteiger partial charge >= 0.3 is 0 Å². The zero-order valence-electron chi connectivity index (χ0n) is 17.2. The number of nitrogens with one attached hydrogen (secondary N) is 1. The lowest BCUT2D eigenvalue weighted by molar-refractivity contribution is -0.116. The third-order valence-electron chi connectivity index (χ3n) is 4.82. The summed E-state index contributed by atoms with van der Waals surface area (Å²) in [5.41, 5.74) is 2.66. The number of tetrazole rings is 1. The summed E-state index contributed by atoms with van der Waals surface area (Å²) < 4.78 is 11.5. The fourth-order valence-electron chi connectivity index (χ4n) is 3.45. The summed E-state index contributed by atoms with van der Waals surface area (Å²) in [5.74, 6) is 1.97. The van der Waals surface area contributed by atoms with E-state index < -0.39 is 0 Å². The van der Waals surface area contributed by atoms with Gasteiger partial charge in [0.15, 0.2) is 0 Å². The Hall–Kier alpha value is -3.42. The monoisotopic (exact) mass is 407 g/mol. The molecule has 1 unspecified atom stereocenters. The highest BCUT2D eigenvalue weighted by Gasteiger charge is 2.22. The lowest BCUT2D eigenvalue weighted by atomic mass is 10.1. The Bertz CT molecular complexity index is 1020. The molecule has 8 heteroatoms. The van der Waals surface area contributed by atoms with E-state index in [4.69, 9.17) is 9.47 Å². The maximum atomic E-state index is 12.5. The van der Waals surface area contributed by atoms with Crippen LogP contribution >= 0.6 is 0 Å². The highest BCUT2D eigenvalue weighted by atomic mass is 16.5. The molecule has 4 rings (SSSR count). The summed E-state index contributed by atoms with van der Waals surface area (Å²) in [4.78, 5) is 14.0. The largest absolute Gasteiger partial charge is 0.492 e. The first kappa shape index (κ1) is 19.9. The Labute approximate surface area is 175 Å². The molecule has 1 aliphatic rings. The normalized spacial score (nSPS) is 14.8. The molecule has 0 fully saturated rings. The lowest BCUT2D eigenvalue weighted by Crippen LogP contribution is -2.14. The Morgan fingerprint density at radius 1 is 1.30 bits per heavy atom. The van der Waals surface area contributed by atoms with Gasteiger partial charge in [0.2, 0.25) is 11.7 Å². The van der Waals surface area contributed by atoms with Crippen molar-refractivity contribution >= 4 is 11.6 Å². The number of carbonyl (C=O) groups is 1. The minimum atomic E-state index is -0.0923. The second-order valence-electron chi connectivity index (χ2n) is 7.25. The standard InChI is InChI=1S/C22H25N5O3/c1-3-29-20-13-17-12-15(2)30-19(17)14-18(20)23-21(28)10-7-11-27-25-22(24-26-27)16-8-5-4-6-9-16/h4-6,8-9,13-15H,3,7,10-12H2,1-2H3,(H,23,28). The van der Waals surface area contributed by atoms with Crippen molar-refractivity contribution in [3.05, 3.63) is 48.0 Å². The fourth-order valence-corrected chi connectivity index (χ4v) is 3.45. The summed E-state index contributed by atoms with van der Waals surface area (Å²) in [6, 6.07) is 13.5. The molecule has 1 atom stereocenters. The van der Waals surface area contributed by atoms with Gasteiger partial charge in [0.05, 0.1) is 18.8 Å². The number of amides is 1. The van der Waals surface area contributed by atoms with Crippen molar-refractivity contribution in [1.29, 1.82) is 0 Å². The molecule has 156 valence electrons. The minimum absolute atomic E-state index is 0.0923. The predicted molar refractivity (Wildman–Crippen MR) is 113 cm³/mol. The number of carbonyl (C=O) groups excluding carboxylic acids is 1. The smallest absolute Gasteiger partial charge is 0.224 e. The molecule has 2 heterocycles. The molecule has 0 spiro atoms. The zero-order chi connectivity index (χ0) is 20.9. The van der Waals surface area contributed by atoms with Crippen molar-refractivity contribution in [3.63, 3.8) is 0 Å². The lowest BCUT2D eigenvalue weighted by Gasteiger charge is -2.13. The molecule has 0 saturated heterocycles. The second-order valence-corrected chi connectivity index (χ2v) is 7.25. The highest BCUT2D eigenvalue weighted by molar-refractivity contribution is 5.92. The number of anilines is 1. The number of hydrogen-bond donors (Lipinski definition) is 1. The van der Waals surface area contributed by atoms with Crippen LogP contribution in [0.5, 0.6) is 11.5 Å². The van der Waals surface area contributed by atoms with Gasteiger partial charge in [0, 0.05) is 30.0 Å². The Kier molecular flexibility index (Phi) is 5.92. The average molecular weight is 407 g/mol. The third kappa shape index (κ3) is 4.59. The summed E-state index contributed by atoms with van der Waals surface area (Å²) in [7, 11) is 0. The molecular weight excluding hydrogens is 382 g/mol. The Balaban J connectivity index is 1.33. The van der Waals surface area contributed by atoms with Crippen LogP contribution in [0.1, 0.15) is 32.3 Å². The van der Waals surface area contributed by atoms with Crippen molar-refractivity contribution in [1.82, 2.24) is 20.2 Å². The molecule has 8 nitrogen and oxygen atoms in total. The Morgan fingerprint density at radius 3 is 2.93 bits per heavy atom. The topological polar surface area (TPSA) is 91.2 Å². The van der Waals surface area contributed by atoms with Gasteiger partial charge in [-0.25, -0.2) is 0 Å². The number of ether oxygens (including phenoxy) is 2. The SMILES string of the molecule is CCOc1cc2c(cc1NC(=O)CCCn1nnc(-c3ccccc3)n1)OC(C)C2. The average Bonchev–Trinajstić information content (AvgIpc) is 3.35. The van der Waals surface area contributed by atoms with Gasteiger partial charge in [-0.1, -0.05) is 30.3 Å². The van der Waals surface area contributed by atoms with E-state index in [0.717, 1.165) is 23.3 Å². The van der Waals surface area contributed by atoms with Gasteiger partial charge in [0.1, 0.15) is 17.6 Å². The molecule has 1 amide bonds. The molecule has 3 aromatic rings. The van der Waals surface area contributed by atoms with Crippen LogP contribution in [0, 0.1) is 0 Å². The quantitative estimate of drug-likeness (QED) is 0.615. The highest BCUT2D eigenvalue weighted by Crippen LogP contribution is 2.38. The van der Waals surface area contributed by atoms with Crippen LogP contribution in [0.2, 0.25) is 0 Å². The molecule has 0 bridgehead atoms. The van der Waals surface area contributed by atoms with Gasteiger partial charge in [-0.15, -0.1) is 10.2 Å². The van der Waals surface area contributed by atoms with Crippen LogP contribution in [0.15, 0.2) is 42.5 Å². The van der Waals surface area contributed by atoms with Crippen molar-refractivity contribution < 1.29 is 14.3 Å². The van der Waals surface area contributed by atoms with Gasteiger partial charge < -0.3 is 14.8 Å². The molecule has 1 aliphatic heterocycles. The van der Waals surface area contributed by atoms with E-state index in [9.17, 15) is 4.79 Å². The summed E-state index contributed by atoms with van der Waals surface area (Å²) in [5, 5.41) is 15.5. The van der Waals surface area contributed by atoms with Gasteiger partial charge in [-0.05, 0) is 31.5 Å². The first-order valence-corrected chi connectivity index (χ1v) is 10.2. The number of nitrogens with zero attached hydrogens (tertiary/aromatic N) is 4. The molecule has 1 N–H and O–H groups in total. The number of benzene rings is 2. The van der Waals surface area contributed by atoms with Crippen molar-refractivity contribution in [2.75, 3.05) is 11.9 Å². The minimum Gasteiger partial charge on any atom is -0.492 e. The van der Waals surface area contributed by atoms with E-state index in [-0.39, 0.29) is 12.0 Å². The number of aromatic nitrogens is 4. The summed E-state index contributed by atoms with van der Waals surface area (Å²) in [6.07, 6.45) is 1.91. The first-order chi connectivity index (χ1) is 14.6. The van der Waals surface area contributed by atoms with E-state index >= 15 is 0 Å². The molecule has 1 aromatic heterocycles. The van der Waals surface area contributed by atoms with Crippen LogP contribution in [0.3, 0.4) is 0 Å². The van der Waals surface area contributed by atoms with E-state index in [1.165, 1.54) is 4.80 Å². The Morgan fingerprint density at radius 2 is 2.13 bits per heavy atom. The number of aryl methyl sites for hydroxylation is 1. The van der Waals surface area contributed by atoms with Crippen LogP contribution in [0.25, 0.3) is 11.4 Å². The summed E-state index contributed by atoms with van der Waals surface area (Å²) in [6.45, 7) is 4.99. The number of hydrogen-bond acceptors (Lipinski definition) is 6. The third-order valence-corrected chi connectivity index (χ3v) is 4.82. The van der Waals surface area contributed by atoms with E-state index in [0.29, 0.717) is 43.3 Å². The van der Waals surface area contributed by atoms with Crippen molar-refractivity contribution in [3.8, 4) is 22.9 Å². The molecule has 30 heavy (non-hydrogen) atoms. The first-order valence-electron chi connectivity index (χ1n) is 10.2. The van der Waals surface area contributed by atoms with Crippen LogP contribution < -0.4 is 14.8 Å². The second kappa shape index (κ2) is 8.94. The van der Waals surface area contributed by atoms with Gasteiger partial charge in [-0.2, -0.15) is 4.80 Å². The van der Waals surface area contributed by atoms with E-state index in [1.807, 2.05) is 56.3 Å². The summed E-state index contributed by atoms with van der Waals surface area (Å²) >= 11 is 0. The molecule has 0 radical (unpaired) electrons. The fraction of sp³-hybridized carbons (Fsp3) is 0.364. The molecule has 0 aliphatic carbocycles. The predicted octanol–water partition coefficient (Wildman–Crippen LogP) is 3.48. The number of fused-ring (bicyclic) bond motifs is 1. The van der Waals surface area contributed by atoms with E-state index in [2.05, 4.69) is 20.7 Å².